The number of phenolic OH excluding ortho intramolecular Hbond substituents is 1. The highest BCUT2D eigenvalue weighted by atomic mass is 79.9. The molecule has 1 aliphatic heterocycles. The first-order chi connectivity index (χ1) is 16.5. The van der Waals surface area contributed by atoms with E-state index in [1.165, 1.54) is 24.4 Å². The highest BCUT2D eigenvalue weighted by Gasteiger charge is 2.29. The van der Waals surface area contributed by atoms with Crippen LogP contribution in [0, 0.1) is 0 Å². The number of aromatic hydroxyl groups is 1. The number of nitrogens with one attached hydrogen (secondary N) is 1. The summed E-state index contributed by atoms with van der Waals surface area (Å²) in [7, 11) is 1.50. The largest absolute Gasteiger partial charge is 0.503 e. The summed E-state index contributed by atoms with van der Waals surface area (Å²) in [6.07, 6.45) is -0.647. The maximum Gasteiger partial charge on any atom is 0.247 e. The number of para-hydroxylation sites is 1. The van der Waals surface area contributed by atoms with E-state index in [0.29, 0.717) is 42.7 Å². The fraction of sp³-hybridized carbons (Fsp3) is 0.125. The third-order valence-corrected chi connectivity index (χ3v) is 8.29. The molecular formula is C24H18Br2N4O3S. The minimum atomic E-state index is -0.647. The summed E-state index contributed by atoms with van der Waals surface area (Å²) < 4.78 is 12.8. The molecule has 0 fully saturated rings. The third-order valence-electron chi connectivity index (χ3n) is 5.22. The number of phenols is 1. The van der Waals surface area contributed by atoms with Gasteiger partial charge in [-0.25, -0.2) is 0 Å². The van der Waals surface area contributed by atoms with Crippen molar-refractivity contribution >= 4 is 49.3 Å². The molecule has 34 heavy (non-hydrogen) atoms. The van der Waals surface area contributed by atoms with Gasteiger partial charge in [-0.05, 0) is 49.6 Å². The molecule has 0 bridgehead atoms. The molecule has 0 amide bonds. The van der Waals surface area contributed by atoms with Gasteiger partial charge in [-0.2, -0.15) is 4.98 Å². The number of nitrogens with zero attached hydrogens (tertiary/aromatic N) is 3. The Morgan fingerprint density at radius 3 is 2.62 bits per heavy atom. The van der Waals surface area contributed by atoms with Crippen LogP contribution in [0.15, 0.2) is 74.8 Å². The number of hydrogen-bond acceptors (Lipinski definition) is 8. The highest BCUT2D eigenvalue weighted by Crippen LogP contribution is 2.46. The van der Waals surface area contributed by atoms with Crippen molar-refractivity contribution in [1.82, 2.24) is 15.2 Å². The number of anilines is 1. The van der Waals surface area contributed by atoms with Crippen LogP contribution < -0.4 is 14.8 Å². The molecule has 0 unspecified atom stereocenters. The highest BCUT2D eigenvalue weighted by molar-refractivity contribution is 9.13. The number of methoxy groups -OCH3 is 1. The van der Waals surface area contributed by atoms with Crippen molar-refractivity contribution in [2.75, 3.05) is 12.4 Å². The molecule has 4 aromatic rings. The van der Waals surface area contributed by atoms with E-state index in [1.807, 2.05) is 42.5 Å². The van der Waals surface area contributed by atoms with Crippen LogP contribution in [0.4, 0.5) is 5.69 Å². The van der Waals surface area contributed by atoms with E-state index in [1.54, 1.807) is 6.07 Å². The van der Waals surface area contributed by atoms with Gasteiger partial charge in [-0.3, -0.25) is 0 Å². The molecule has 172 valence electrons. The fourth-order valence-electron chi connectivity index (χ4n) is 3.53. The van der Waals surface area contributed by atoms with E-state index in [4.69, 9.17) is 14.5 Å². The lowest BCUT2D eigenvalue weighted by atomic mass is 10.1. The van der Waals surface area contributed by atoms with Gasteiger partial charge in [0, 0.05) is 27.0 Å². The molecule has 10 heteroatoms. The Balaban J connectivity index is 1.55. The van der Waals surface area contributed by atoms with Crippen molar-refractivity contribution in [2.45, 2.75) is 17.1 Å². The minimum Gasteiger partial charge on any atom is -0.503 e. The summed E-state index contributed by atoms with van der Waals surface area (Å²) in [6, 6.07) is 19.6. The molecule has 1 atom stereocenters. The third kappa shape index (κ3) is 4.45. The van der Waals surface area contributed by atoms with E-state index in [0.717, 1.165) is 11.3 Å². The van der Waals surface area contributed by atoms with Gasteiger partial charge in [0.05, 0.1) is 11.6 Å². The van der Waals surface area contributed by atoms with Crippen molar-refractivity contribution in [3.8, 4) is 28.6 Å². The monoisotopic (exact) mass is 600 g/mol. The average Bonchev–Trinajstić information content (AvgIpc) is 3.03. The molecule has 2 N–H and O–H groups in total. The number of aromatic nitrogens is 3. The molecule has 7 nitrogen and oxygen atoms in total. The van der Waals surface area contributed by atoms with Crippen LogP contribution in [-0.2, 0) is 5.75 Å². The van der Waals surface area contributed by atoms with Crippen molar-refractivity contribution in [2.24, 2.45) is 0 Å². The number of halogens is 2. The van der Waals surface area contributed by atoms with Gasteiger partial charge in [0.1, 0.15) is 0 Å². The Hall–Kier alpha value is -2.82. The van der Waals surface area contributed by atoms with Crippen LogP contribution in [0.2, 0.25) is 0 Å². The van der Waals surface area contributed by atoms with Crippen LogP contribution >= 0.6 is 43.6 Å². The van der Waals surface area contributed by atoms with Crippen molar-refractivity contribution in [3.05, 3.63) is 80.7 Å². The van der Waals surface area contributed by atoms with Crippen LogP contribution in [-0.4, -0.2) is 27.4 Å². The van der Waals surface area contributed by atoms with Gasteiger partial charge in [0.25, 0.3) is 0 Å². The Kier molecular flexibility index (Phi) is 6.62. The van der Waals surface area contributed by atoms with Gasteiger partial charge in [0.15, 0.2) is 23.4 Å². The lowest BCUT2D eigenvalue weighted by Gasteiger charge is -2.22. The van der Waals surface area contributed by atoms with E-state index >= 15 is 0 Å². The predicted molar refractivity (Wildman–Crippen MR) is 138 cm³/mol. The molecular weight excluding hydrogens is 584 g/mol. The zero-order valence-corrected chi connectivity index (χ0v) is 21.8. The second-order valence-corrected chi connectivity index (χ2v) is 9.88. The molecule has 2 heterocycles. The smallest absolute Gasteiger partial charge is 0.247 e. The zero-order chi connectivity index (χ0) is 23.7. The fourth-order valence-corrected chi connectivity index (χ4v) is 5.20. The summed E-state index contributed by atoms with van der Waals surface area (Å²) >= 11 is 8.48. The van der Waals surface area contributed by atoms with Gasteiger partial charge in [-0.1, -0.05) is 60.3 Å². The Bertz CT molecular complexity index is 1360. The van der Waals surface area contributed by atoms with Crippen molar-refractivity contribution in [3.63, 3.8) is 0 Å². The van der Waals surface area contributed by atoms with Gasteiger partial charge in [-0.15, -0.1) is 10.2 Å². The zero-order valence-electron chi connectivity index (χ0n) is 17.8. The molecule has 0 radical (unpaired) electrons. The average molecular weight is 602 g/mol. The van der Waals surface area contributed by atoms with Gasteiger partial charge in [0.2, 0.25) is 11.0 Å². The number of fused-ring (bicyclic) bond motifs is 3. The Labute approximate surface area is 217 Å². The number of benzene rings is 3. The lowest BCUT2D eigenvalue weighted by Crippen LogP contribution is -2.18. The molecule has 0 aliphatic carbocycles. The second kappa shape index (κ2) is 9.81. The quantitative estimate of drug-likeness (QED) is 0.248. The molecule has 0 saturated heterocycles. The first-order valence-corrected chi connectivity index (χ1v) is 12.8. The number of ether oxygens (including phenoxy) is 2. The van der Waals surface area contributed by atoms with Crippen LogP contribution in [0.5, 0.6) is 17.4 Å². The number of rotatable bonds is 5. The normalized spacial score (nSPS) is 14.3. The van der Waals surface area contributed by atoms with Gasteiger partial charge < -0.3 is 19.9 Å². The standard InChI is InChI=1S/C24H18Br2N4O3S/c1-32-17-11-15(18(25)19(26)21(17)31)22-27-16-10-6-5-9-14(16)20-23(33-22)28-24(30-29-20)34-12-13-7-3-2-4-8-13/h2-11,22,27,31H,12H2,1H3/t22-/m0/s1. The van der Waals surface area contributed by atoms with Crippen LogP contribution in [0.3, 0.4) is 0 Å². The predicted octanol–water partition coefficient (Wildman–Crippen LogP) is 6.57. The van der Waals surface area contributed by atoms with Crippen LogP contribution in [0.1, 0.15) is 17.4 Å². The van der Waals surface area contributed by atoms with Crippen molar-refractivity contribution < 1.29 is 14.6 Å². The van der Waals surface area contributed by atoms with E-state index in [-0.39, 0.29) is 5.75 Å². The number of thioether (sulfide) groups is 1. The maximum absolute atomic E-state index is 10.4. The summed E-state index contributed by atoms with van der Waals surface area (Å²) in [4.78, 5) is 4.69. The summed E-state index contributed by atoms with van der Waals surface area (Å²) in [6.45, 7) is 0. The Morgan fingerprint density at radius 1 is 1.06 bits per heavy atom. The SMILES string of the molecule is COc1cc([C@H]2Nc3ccccc3-c3nnc(SCc4ccccc4)nc3O2)c(Br)c(Br)c1O. The molecule has 0 saturated carbocycles. The van der Waals surface area contributed by atoms with E-state index in [2.05, 4.69) is 59.5 Å². The van der Waals surface area contributed by atoms with Crippen LogP contribution in [0.25, 0.3) is 11.3 Å². The molecule has 5 rings (SSSR count). The molecule has 1 aliphatic rings. The minimum absolute atomic E-state index is 0.00358. The van der Waals surface area contributed by atoms with Crippen molar-refractivity contribution in [1.29, 1.82) is 0 Å². The molecule has 1 aromatic heterocycles. The van der Waals surface area contributed by atoms with E-state index in [9.17, 15) is 5.11 Å². The molecule has 3 aromatic carbocycles. The second-order valence-electron chi connectivity index (χ2n) is 7.35. The molecule has 0 spiro atoms. The van der Waals surface area contributed by atoms with E-state index < -0.39 is 6.23 Å². The topological polar surface area (TPSA) is 89.4 Å². The summed E-state index contributed by atoms with van der Waals surface area (Å²) in [5.41, 5.74) is 4.08. The lowest BCUT2D eigenvalue weighted by molar-refractivity contribution is 0.223. The Morgan fingerprint density at radius 2 is 1.82 bits per heavy atom. The van der Waals surface area contributed by atoms with Gasteiger partial charge >= 0.3 is 0 Å². The summed E-state index contributed by atoms with van der Waals surface area (Å²) in [5.74, 6) is 1.39. The first-order valence-electron chi connectivity index (χ1n) is 10.2. The summed E-state index contributed by atoms with van der Waals surface area (Å²) in [5, 5.41) is 23.1. The maximum atomic E-state index is 10.4. The first kappa shape index (κ1) is 22.9. The number of hydrogen-bond donors (Lipinski definition) is 2.